The van der Waals surface area contributed by atoms with Crippen LogP contribution in [0.1, 0.15) is 19.8 Å². The third-order valence-electron chi connectivity index (χ3n) is 3.97. The van der Waals surface area contributed by atoms with Crippen molar-refractivity contribution in [1.82, 2.24) is 4.90 Å². The average Bonchev–Trinajstić information content (AvgIpc) is 2.90. The molecule has 2 unspecified atom stereocenters. The van der Waals surface area contributed by atoms with Gasteiger partial charge in [-0.3, -0.25) is 14.5 Å². The summed E-state index contributed by atoms with van der Waals surface area (Å²) >= 11 is 3.27. The number of piperazine rings is 1. The number of fused-ring (bicyclic) bond motifs is 1. The van der Waals surface area contributed by atoms with Gasteiger partial charge in [0, 0.05) is 11.0 Å². The van der Waals surface area contributed by atoms with Crippen LogP contribution in [0.15, 0.2) is 22.7 Å². The predicted molar refractivity (Wildman–Crippen MR) is 75.8 cm³/mol. The molecule has 4 nitrogen and oxygen atoms in total. The summed E-state index contributed by atoms with van der Waals surface area (Å²) in [7, 11) is 0. The van der Waals surface area contributed by atoms with Crippen LogP contribution in [-0.2, 0) is 9.59 Å². The maximum atomic E-state index is 14.0. The molecule has 2 aliphatic heterocycles. The fourth-order valence-corrected chi connectivity index (χ4v) is 3.34. The fraction of sp³-hybridized carbons (Fsp3) is 0.429. The van der Waals surface area contributed by atoms with E-state index in [2.05, 4.69) is 15.9 Å². The van der Waals surface area contributed by atoms with E-state index in [0.29, 0.717) is 17.4 Å². The van der Waals surface area contributed by atoms with Crippen LogP contribution in [0.25, 0.3) is 0 Å². The van der Waals surface area contributed by atoms with Crippen molar-refractivity contribution in [2.24, 2.45) is 0 Å². The first kappa shape index (κ1) is 13.5. The molecular formula is C14H14BrFN2O2. The molecule has 1 aromatic rings. The maximum absolute atomic E-state index is 14.0. The number of carbonyl (C=O) groups excluding carboxylic acids is 2. The standard InChI is InChI=1S/C14H14BrFN2O2/c1-8-13(19)17-6-2-3-11(17)14(20)18(8)12-7-9(15)4-5-10(12)16/h4-5,7-8,11H,2-3,6H2,1H3. The van der Waals surface area contributed by atoms with Gasteiger partial charge in [0.05, 0.1) is 5.69 Å². The Hall–Kier alpha value is -1.43. The minimum absolute atomic E-state index is 0.105. The number of carbonyl (C=O) groups is 2. The molecule has 2 atom stereocenters. The van der Waals surface area contributed by atoms with E-state index in [4.69, 9.17) is 0 Å². The van der Waals surface area contributed by atoms with Gasteiger partial charge >= 0.3 is 0 Å². The lowest BCUT2D eigenvalue weighted by atomic mass is 10.0. The van der Waals surface area contributed by atoms with Crippen molar-refractivity contribution < 1.29 is 14.0 Å². The van der Waals surface area contributed by atoms with E-state index < -0.39 is 17.9 Å². The van der Waals surface area contributed by atoms with E-state index in [0.717, 1.165) is 6.42 Å². The van der Waals surface area contributed by atoms with Crippen LogP contribution in [0.2, 0.25) is 0 Å². The van der Waals surface area contributed by atoms with E-state index >= 15 is 0 Å². The van der Waals surface area contributed by atoms with Gasteiger partial charge in [0.25, 0.3) is 5.91 Å². The van der Waals surface area contributed by atoms with Gasteiger partial charge in [-0.2, -0.15) is 0 Å². The Kier molecular flexibility index (Phi) is 3.28. The van der Waals surface area contributed by atoms with Crippen LogP contribution in [0.4, 0.5) is 10.1 Å². The summed E-state index contributed by atoms with van der Waals surface area (Å²) in [5, 5.41) is 0. The number of amides is 2. The Bertz CT molecular complexity index is 593. The van der Waals surface area contributed by atoms with E-state index in [-0.39, 0.29) is 17.5 Å². The molecule has 2 fully saturated rings. The lowest BCUT2D eigenvalue weighted by molar-refractivity contribution is -0.143. The van der Waals surface area contributed by atoms with Crippen molar-refractivity contribution in [3.8, 4) is 0 Å². The number of hydrogen-bond donors (Lipinski definition) is 0. The molecule has 0 bridgehead atoms. The number of halogens is 2. The summed E-state index contributed by atoms with van der Waals surface area (Å²) in [5.41, 5.74) is 0.164. The molecular weight excluding hydrogens is 327 g/mol. The summed E-state index contributed by atoms with van der Waals surface area (Å²) in [6.45, 7) is 2.27. The van der Waals surface area contributed by atoms with Crippen LogP contribution in [0.5, 0.6) is 0 Å². The van der Waals surface area contributed by atoms with Crippen LogP contribution >= 0.6 is 15.9 Å². The van der Waals surface area contributed by atoms with Crippen molar-refractivity contribution in [1.29, 1.82) is 0 Å². The third kappa shape index (κ3) is 1.93. The van der Waals surface area contributed by atoms with Gasteiger partial charge in [-0.25, -0.2) is 4.39 Å². The second kappa shape index (κ2) is 4.84. The van der Waals surface area contributed by atoms with Crippen LogP contribution < -0.4 is 4.90 Å². The topological polar surface area (TPSA) is 40.6 Å². The zero-order valence-corrected chi connectivity index (χ0v) is 12.6. The highest BCUT2D eigenvalue weighted by Gasteiger charge is 2.47. The van der Waals surface area contributed by atoms with Crippen molar-refractivity contribution in [2.45, 2.75) is 31.8 Å². The first-order chi connectivity index (χ1) is 9.50. The van der Waals surface area contributed by atoms with Gasteiger partial charge in [0.1, 0.15) is 17.9 Å². The summed E-state index contributed by atoms with van der Waals surface area (Å²) in [6, 6.07) is 3.31. The van der Waals surface area contributed by atoms with Crippen LogP contribution in [0, 0.1) is 5.82 Å². The van der Waals surface area contributed by atoms with Gasteiger partial charge in [-0.05, 0) is 38.0 Å². The molecule has 2 amide bonds. The summed E-state index contributed by atoms with van der Waals surface area (Å²) < 4.78 is 14.7. The lowest BCUT2D eigenvalue weighted by Crippen LogP contribution is -2.62. The highest BCUT2D eigenvalue weighted by atomic mass is 79.9. The van der Waals surface area contributed by atoms with E-state index in [1.807, 2.05) is 0 Å². The Labute approximate surface area is 124 Å². The highest BCUT2D eigenvalue weighted by Crippen LogP contribution is 2.33. The first-order valence-corrected chi connectivity index (χ1v) is 7.38. The Morgan fingerprint density at radius 2 is 2.05 bits per heavy atom. The minimum atomic E-state index is -0.666. The minimum Gasteiger partial charge on any atom is -0.329 e. The smallest absolute Gasteiger partial charge is 0.250 e. The Morgan fingerprint density at radius 1 is 1.30 bits per heavy atom. The Balaban J connectivity index is 2.05. The van der Waals surface area contributed by atoms with Crippen molar-refractivity contribution >= 4 is 33.4 Å². The van der Waals surface area contributed by atoms with Crippen molar-refractivity contribution in [2.75, 3.05) is 11.4 Å². The molecule has 0 N–H and O–H groups in total. The Morgan fingerprint density at radius 3 is 2.80 bits per heavy atom. The normalized spacial score (nSPS) is 26.1. The molecule has 1 aromatic carbocycles. The molecule has 6 heteroatoms. The molecule has 0 aliphatic carbocycles. The average molecular weight is 341 g/mol. The quantitative estimate of drug-likeness (QED) is 0.787. The molecule has 2 heterocycles. The molecule has 0 radical (unpaired) electrons. The van der Waals surface area contributed by atoms with E-state index in [9.17, 15) is 14.0 Å². The van der Waals surface area contributed by atoms with Gasteiger partial charge in [0.15, 0.2) is 0 Å². The van der Waals surface area contributed by atoms with E-state index in [1.165, 1.54) is 11.0 Å². The molecule has 20 heavy (non-hydrogen) atoms. The fourth-order valence-electron chi connectivity index (χ4n) is 2.99. The monoisotopic (exact) mass is 340 g/mol. The molecule has 3 rings (SSSR count). The van der Waals surface area contributed by atoms with Crippen molar-refractivity contribution in [3.05, 3.63) is 28.5 Å². The lowest BCUT2D eigenvalue weighted by Gasteiger charge is -2.40. The first-order valence-electron chi connectivity index (χ1n) is 6.59. The molecule has 106 valence electrons. The van der Waals surface area contributed by atoms with Crippen LogP contribution in [-0.4, -0.2) is 35.3 Å². The van der Waals surface area contributed by atoms with E-state index in [1.54, 1.807) is 24.0 Å². The second-order valence-electron chi connectivity index (χ2n) is 5.17. The largest absolute Gasteiger partial charge is 0.329 e. The van der Waals surface area contributed by atoms with Gasteiger partial charge < -0.3 is 4.90 Å². The van der Waals surface area contributed by atoms with Gasteiger partial charge in [0.2, 0.25) is 5.91 Å². The molecule has 0 saturated carbocycles. The summed E-state index contributed by atoms with van der Waals surface area (Å²) in [6.07, 6.45) is 1.48. The number of rotatable bonds is 1. The highest BCUT2D eigenvalue weighted by molar-refractivity contribution is 9.10. The number of hydrogen-bond acceptors (Lipinski definition) is 2. The van der Waals surface area contributed by atoms with Gasteiger partial charge in [-0.15, -0.1) is 0 Å². The van der Waals surface area contributed by atoms with Crippen LogP contribution in [0.3, 0.4) is 0 Å². The zero-order valence-electron chi connectivity index (χ0n) is 11.0. The van der Waals surface area contributed by atoms with Gasteiger partial charge in [-0.1, -0.05) is 15.9 Å². The van der Waals surface area contributed by atoms with Crippen molar-refractivity contribution in [3.63, 3.8) is 0 Å². The predicted octanol–water partition coefficient (Wildman–Crippen LogP) is 2.31. The molecule has 2 aliphatic rings. The number of nitrogens with zero attached hydrogens (tertiary/aromatic N) is 2. The second-order valence-corrected chi connectivity index (χ2v) is 6.09. The third-order valence-corrected chi connectivity index (χ3v) is 4.46. The molecule has 0 spiro atoms. The molecule has 2 saturated heterocycles. The zero-order chi connectivity index (χ0) is 14.4. The maximum Gasteiger partial charge on any atom is 0.250 e. The number of benzene rings is 1. The SMILES string of the molecule is CC1C(=O)N2CCCC2C(=O)N1c1cc(Br)ccc1F. The molecule has 0 aromatic heterocycles. The summed E-state index contributed by atoms with van der Waals surface area (Å²) in [4.78, 5) is 27.8. The summed E-state index contributed by atoms with van der Waals surface area (Å²) in [5.74, 6) is -0.786. The number of anilines is 1.